The van der Waals surface area contributed by atoms with E-state index in [2.05, 4.69) is 4.90 Å². The van der Waals surface area contributed by atoms with E-state index < -0.39 is 0 Å². The van der Waals surface area contributed by atoms with E-state index in [0.717, 1.165) is 25.1 Å². The van der Waals surface area contributed by atoms with Crippen molar-refractivity contribution in [2.24, 2.45) is 0 Å². The third kappa shape index (κ3) is 1.68. The molecule has 0 aromatic heterocycles. The van der Waals surface area contributed by atoms with Crippen molar-refractivity contribution >= 4 is 5.69 Å². The van der Waals surface area contributed by atoms with Gasteiger partial charge in [-0.3, -0.25) is 0 Å². The summed E-state index contributed by atoms with van der Waals surface area (Å²) < 4.78 is 0. The highest BCUT2D eigenvalue weighted by Gasteiger charge is 2.16. The Bertz CT molecular complexity index is 325. The van der Waals surface area contributed by atoms with E-state index in [0.29, 0.717) is 12.3 Å². The summed E-state index contributed by atoms with van der Waals surface area (Å²) >= 11 is 0. The zero-order valence-corrected chi connectivity index (χ0v) is 8.11. The van der Waals surface area contributed by atoms with Crippen LogP contribution in [0.15, 0.2) is 18.2 Å². The summed E-state index contributed by atoms with van der Waals surface area (Å²) in [5.74, 6) is 0.328. The van der Waals surface area contributed by atoms with Crippen molar-refractivity contribution in [1.29, 1.82) is 0 Å². The van der Waals surface area contributed by atoms with E-state index in [1.807, 2.05) is 12.1 Å². The monoisotopic (exact) mass is 193 g/mol. The molecule has 0 unspecified atom stereocenters. The second-order valence-corrected chi connectivity index (χ2v) is 3.63. The number of hydrogen-bond acceptors (Lipinski definition) is 3. The highest BCUT2D eigenvalue weighted by Crippen LogP contribution is 2.29. The number of phenols is 1. The maximum Gasteiger partial charge on any atom is 0.116 e. The molecule has 0 radical (unpaired) electrons. The van der Waals surface area contributed by atoms with Crippen molar-refractivity contribution < 1.29 is 10.2 Å². The smallest absolute Gasteiger partial charge is 0.116 e. The van der Waals surface area contributed by atoms with Gasteiger partial charge in [-0.05, 0) is 36.6 Å². The number of aliphatic hydroxyl groups excluding tert-OH is 1. The molecule has 3 heteroatoms. The van der Waals surface area contributed by atoms with Gasteiger partial charge in [-0.25, -0.2) is 0 Å². The maximum atomic E-state index is 9.34. The van der Waals surface area contributed by atoms with Crippen molar-refractivity contribution in [2.45, 2.75) is 12.8 Å². The van der Waals surface area contributed by atoms with Crippen molar-refractivity contribution in [2.75, 3.05) is 24.6 Å². The third-order valence-electron chi connectivity index (χ3n) is 2.65. The topological polar surface area (TPSA) is 43.7 Å². The number of hydrogen-bond donors (Lipinski definition) is 2. The van der Waals surface area contributed by atoms with Crippen LogP contribution in [0.25, 0.3) is 0 Å². The third-order valence-corrected chi connectivity index (χ3v) is 2.65. The van der Waals surface area contributed by atoms with Gasteiger partial charge >= 0.3 is 0 Å². The van der Waals surface area contributed by atoms with Gasteiger partial charge in [0, 0.05) is 18.8 Å². The summed E-state index contributed by atoms with van der Waals surface area (Å²) in [6.07, 6.45) is 2.11. The molecule has 2 rings (SSSR count). The molecule has 1 aliphatic rings. The molecule has 3 nitrogen and oxygen atoms in total. The molecule has 14 heavy (non-hydrogen) atoms. The van der Waals surface area contributed by atoms with Crippen molar-refractivity contribution in [1.82, 2.24) is 0 Å². The van der Waals surface area contributed by atoms with E-state index >= 15 is 0 Å². The predicted octanol–water partition coefficient (Wildman–Crippen LogP) is 1.14. The van der Waals surface area contributed by atoms with Gasteiger partial charge in [0.05, 0.1) is 6.61 Å². The molecule has 1 aromatic carbocycles. The number of fused-ring (bicyclic) bond motifs is 1. The summed E-state index contributed by atoms with van der Waals surface area (Å²) in [4.78, 5) is 2.16. The summed E-state index contributed by atoms with van der Waals surface area (Å²) in [6, 6.07) is 5.45. The van der Waals surface area contributed by atoms with Gasteiger partial charge in [0.1, 0.15) is 5.75 Å². The first-order valence-electron chi connectivity index (χ1n) is 4.99. The van der Waals surface area contributed by atoms with Crippen molar-refractivity contribution in [3.8, 4) is 5.75 Å². The van der Waals surface area contributed by atoms with Crippen LogP contribution in [0.3, 0.4) is 0 Å². The lowest BCUT2D eigenvalue weighted by atomic mass is 10.0. The van der Waals surface area contributed by atoms with Crippen molar-refractivity contribution in [3.63, 3.8) is 0 Å². The number of anilines is 1. The van der Waals surface area contributed by atoms with E-state index in [4.69, 9.17) is 5.11 Å². The molecule has 76 valence electrons. The summed E-state index contributed by atoms with van der Waals surface area (Å²) in [6.45, 7) is 1.86. The molecule has 1 aliphatic heterocycles. The van der Waals surface area contributed by atoms with Crippen LogP contribution in [-0.2, 0) is 6.42 Å². The first-order chi connectivity index (χ1) is 6.81. The molecule has 0 aliphatic carbocycles. The Morgan fingerprint density at radius 3 is 3.00 bits per heavy atom. The number of aryl methyl sites for hydroxylation is 1. The van der Waals surface area contributed by atoms with E-state index in [1.54, 1.807) is 6.07 Å². The average molecular weight is 193 g/mol. The minimum Gasteiger partial charge on any atom is -0.508 e. The highest BCUT2D eigenvalue weighted by molar-refractivity contribution is 5.57. The number of rotatable bonds is 2. The molecule has 0 saturated carbocycles. The Balaban J connectivity index is 2.30. The molecule has 2 N–H and O–H groups in total. The van der Waals surface area contributed by atoms with Crippen molar-refractivity contribution in [3.05, 3.63) is 23.8 Å². The lowest BCUT2D eigenvalue weighted by Gasteiger charge is -2.30. The maximum absolute atomic E-state index is 9.34. The highest BCUT2D eigenvalue weighted by atomic mass is 16.3. The number of β-amino-alcohol motifs (C(OH)–C–C–N with tert-alkyl or cyclic N) is 1. The standard InChI is InChI=1S/C11H15NO2/c13-7-6-12-5-1-2-9-8-10(14)3-4-11(9)12/h3-4,8,13-14H,1-2,5-7H2. The van der Waals surface area contributed by atoms with Crippen LogP contribution in [0.1, 0.15) is 12.0 Å². The van der Waals surface area contributed by atoms with Gasteiger partial charge in [-0.1, -0.05) is 0 Å². The fraction of sp³-hybridized carbons (Fsp3) is 0.455. The summed E-state index contributed by atoms with van der Waals surface area (Å²) in [5, 5.41) is 18.2. The average Bonchev–Trinajstić information content (AvgIpc) is 2.18. The van der Waals surface area contributed by atoms with E-state index in [-0.39, 0.29) is 6.61 Å². The Kier molecular flexibility index (Phi) is 2.59. The molecule has 0 bridgehead atoms. The predicted molar refractivity (Wildman–Crippen MR) is 55.7 cm³/mol. The Labute approximate surface area is 83.6 Å². The van der Waals surface area contributed by atoms with E-state index in [1.165, 1.54) is 5.56 Å². The quantitative estimate of drug-likeness (QED) is 0.740. The fourth-order valence-electron chi connectivity index (χ4n) is 2.01. The first-order valence-corrected chi connectivity index (χ1v) is 4.99. The summed E-state index contributed by atoms with van der Waals surface area (Å²) in [7, 11) is 0. The van der Waals surface area contributed by atoms with E-state index in [9.17, 15) is 5.11 Å². The zero-order chi connectivity index (χ0) is 9.97. The van der Waals surface area contributed by atoms with Gasteiger partial charge in [0.15, 0.2) is 0 Å². The van der Waals surface area contributed by atoms with Gasteiger partial charge in [-0.15, -0.1) is 0 Å². The van der Waals surface area contributed by atoms with Crippen LogP contribution in [0.5, 0.6) is 5.75 Å². The number of aromatic hydroxyl groups is 1. The molecular weight excluding hydrogens is 178 g/mol. The second-order valence-electron chi connectivity index (χ2n) is 3.63. The normalized spacial score (nSPS) is 15.4. The number of phenolic OH excluding ortho intramolecular Hbond substituents is 1. The number of aliphatic hydroxyl groups is 1. The van der Waals surface area contributed by atoms with Crippen LogP contribution in [0.2, 0.25) is 0 Å². The molecular formula is C11H15NO2. The Morgan fingerprint density at radius 1 is 1.36 bits per heavy atom. The Morgan fingerprint density at radius 2 is 2.21 bits per heavy atom. The van der Waals surface area contributed by atoms with Crippen LogP contribution < -0.4 is 4.90 Å². The molecule has 0 atom stereocenters. The van der Waals surface area contributed by atoms with Gasteiger partial charge < -0.3 is 15.1 Å². The number of nitrogens with zero attached hydrogens (tertiary/aromatic N) is 1. The lowest BCUT2D eigenvalue weighted by Crippen LogP contribution is -2.31. The Hall–Kier alpha value is -1.22. The van der Waals surface area contributed by atoms with Crippen LogP contribution in [0.4, 0.5) is 5.69 Å². The van der Waals surface area contributed by atoms with Crippen LogP contribution in [0, 0.1) is 0 Å². The molecule has 0 saturated heterocycles. The first kappa shape index (κ1) is 9.34. The fourth-order valence-corrected chi connectivity index (χ4v) is 2.01. The minimum absolute atomic E-state index is 0.181. The largest absolute Gasteiger partial charge is 0.508 e. The zero-order valence-electron chi connectivity index (χ0n) is 8.11. The molecule has 1 heterocycles. The lowest BCUT2D eigenvalue weighted by molar-refractivity contribution is 0.301. The van der Waals surface area contributed by atoms with Crippen LogP contribution in [-0.4, -0.2) is 29.9 Å². The van der Waals surface area contributed by atoms with Crippen LogP contribution >= 0.6 is 0 Å². The molecule has 0 amide bonds. The second kappa shape index (κ2) is 3.88. The summed E-state index contributed by atoms with van der Waals surface area (Å²) in [5.41, 5.74) is 2.34. The van der Waals surface area contributed by atoms with Gasteiger partial charge in [0.25, 0.3) is 0 Å². The minimum atomic E-state index is 0.181. The number of benzene rings is 1. The molecule has 1 aromatic rings. The van der Waals surface area contributed by atoms with Gasteiger partial charge in [0.2, 0.25) is 0 Å². The molecule has 0 fully saturated rings. The SMILES string of the molecule is OCCN1CCCc2cc(O)ccc21. The molecule has 0 spiro atoms. The van der Waals surface area contributed by atoms with Gasteiger partial charge in [-0.2, -0.15) is 0 Å².